The molecule has 1 N–H and O–H groups in total. The van der Waals surface area contributed by atoms with E-state index in [2.05, 4.69) is 22.4 Å². The minimum Gasteiger partial charge on any atom is -0.370 e. The molecule has 18 heavy (non-hydrogen) atoms. The maximum Gasteiger partial charge on any atom is 0.287 e. The summed E-state index contributed by atoms with van der Waals surface area (Å²) in [6.45, 7) is 0.745. The predicted octanol–water partition coefficient (Wildman–Crippen LogP) is 2.64. The zero-order valence-electron chi connectivity index (χ0n) is 9.74. The first kappa shape index (κ1) is 12.0. The van der Waals surface area contributed by atoms with Crippen molar-refractivity contribution in [1.29, 1.82) is 0 Å². The summed E-state index contributed by atoms with van der Waals surface area (Å²) in [7, 11) is 0. The molecular weight excluding hydrogens is 230 g/mol. The first-order valence-corrected chi connectivity index (χ1v) is 5.64. The van der Waals surface area contributed by atoms with Crippen LogP contribution >= 0.6 is 0 Å². The van der Waals surface area contributed by atoms with Crippen LogP contribution in [-0.2, 0) is 6.42 Å². The van der Waals surface area contributed by atoms with Crippen LogP contribution in [0.15, 0.2) is 48.7 Å². The molecule has 0 amide bonds. The lowest BCUT2D eigenvalue weighted by atomic mass is 10.1. The third-order valence-electron chi connectivity index (χ3n) is 2.52. The van der Waals surface area contributed by atoms with Gasteiger partial charge in [-0.25, -0.2) is 4.98 Å². The lowest BCUT2D eigenvalue weighted by Crippen LogP contribution is -2.06. The van der Waals surface area contributed by atoms with Crippen molar-refractivity contribution in [3.05, 3.63) is 64.3 Å². The third kappa shape index (κ3) is 3.28. The van der Waals surface area contributed by atoms with E-state index in [1.165, 1.54) is 17.8 Å². The Bertz CT molecular complexity index is 512. The number of pyridine rings is 1. The van der Waals surface area contributed by atoms with Crippen LogP contribution in [0.2, 0.25) is 0 Å². The number of hydrogen-bond donors (Lipinski definition) is 1. The third-order valence-corrected chi connectivity index (χ3v) is 2.52. The largest absolute Gasteiger partial charge is 0.370 e. The molecular formula is C13H13N3O2. The van der Waals surface area contributed by atoms with Gasteiger partial charge >= 0.3 is 0 Å². The normalized spacial score (nSPS) is 10.0. The fourth-order valence-electron chi connectivity index (χ4n) is 1.58. The Morgan fingerprint density at radius 2 is 1.94 bits per heavy atom. The smallest absolute Gasteiger partial charge is 0.287 e. The number of nitrogens with zero attached hydrogens (tertiary/aromatic N) is 2. The van der Waals surface area contributed by atoms with Gasteiger partial charge in [-0.2, -0.15) is 0 Å². The van der Waals surface area contributed by atoms with Crippen LogP contribution in [0, 0.1) is 10.1 Å². The molecule has 0 aliphatic carbocycles. The Hall–Kier alpha value is -2.43. The quantitative estimate of drug-likeness (QED) is 0.647. The molecule has 5 heteroatoms. The molecule has 0 atom stereocenters. The zero-order chi connectivity index (χ0) is 12.8. The van der Waals surface area contributed by atoms with E-state index < -0.39 is 4.92 Å². The molecule has 2 rings (SSSR count). The van der Waals surface area contributed by atoms with Crippen LogP contribution in [0.25, 0.3) is 0 Å². The van der Waals surface area contributed by atoms with Crippen molar-refractivity contribution >= 4 is 11.5 Å². The predicted molar refractivity (Wildman–Crippen MR) is 69.5 cm³/mol. The Morgan fingerprint density at radius 1 is 1.17 bits per heavy atom. The Kier molecular flexibility index (Phi) is 3.86. The summed E-state index contributed by atoms with van der Waals surface area (Å²) in [5.41, 5.74) is 1.25. The van der Waals surface area contributed by atoms with Crippen molar-refractivity contribution in [2.75, 3.05) is 11.9 Å². The van der Waals surface area contributed by atoms with Crippen molar-refractivity contribution in [3.8, 4) is 0 Å². The lowest BCUT2D eigenvalue weighted by Gasteiger charge is -2.05. The highest BCUT2D eigenvalue weighted by Crippen LogP contribution is 2.11. The first-order chi connectivity index (χ1) is 8.75. The van der Waals surface area contributed by atoms with E-state index in [-0.39, 0.29) is 5.69 Å². The molecule has 2 aromatic rings. The number of aromatic nitrogens is 1. The topological polar surface area (TPSA) is 68.1 Å². The summed E-state index contributed by atoms with van der Waals surface area (Å²) >= 11 is 0. The first-order valence-electron chi connectivity index (χ1n) is 5.64. The van der Waals surface area contributed by atoms with E-state index in [1.54, 1.807) is 6.07 Å². The van der Waals surface area contributed by atoms with Crippen LogP contribution in [0.3, 0.4) is 0 Å². The van der Waals surface area contributed by atoms with Gasteiger partial charge in [-0.05, 0) is 18.1 Å². The number of anilines is 1. The molecule has 0 fully saturated rings. The van der Waals surface area contributed by atoms with Gasteiger partial charge in [0.05, 0.1) is 4.92 Å². The minimum absolute atomic E-state index is 0.00334. The summed E-state index contributed by atoms with van der Waals surface area (Å²) in [4.78, 5) is 14.0. The molecule has 1 aromatic carbocycles. The van der Waals surface area contributed by atoms with Crippen molar-refractivity contribution in [2.45, 2.75) is 6.42 Å². The second-order valence-electron chi connectivity index (χ2n) is 3.82. The molecule has 0 unspecified atom stereocenters. The van der Waals surface area contributed by atoms with Crippen LogP contribution < -0.4 is 5.32 Å². The number of nitrogens with one attached hydrogen (secondary N) is 1. The highest BCUT2D eigenvalue weighted by molar-refractivity contribution is 5.40. The summed E-state index contributed by atoms with van der Waals surface area (Å²) in [6.07, 6.45) is 2.14. The van der Waals surface area contributed by atoms with Gasteiger partial charge in [0.15, 0.2) is 0 Å². The second-order valence-corrected chi connectivity index (χ2v) is 3.82. The van der Waals surface area contributed by atoms with Crippen molar-refractivity contribution < 1.29 is 4.92 Å². The Labute approximate surface area is 105 Å². The fourth-order valence-corrected chi connectivity index (χ4v) is 1.58. The van der Waals surface area contributed by atoms with Crippen LogP contribution in [0.1, 0.15) is 5.56 Å². The molecule has 92 valence electrons. The lowest BCUT2D eigenvalue weighted by molar-refractivity contribution is -0.385. The SMILES string of the molecule is O=[N+]([O-])c1ccc(NCCc2ccccc2)nc1. The summed E-state index contributed by atoms with van der Waals surface area (Å²) in [6, 6.07) is 13.2. The summed E-state index contributed by atoms with van der Waals surface area (Å²) in [5.74, 6) is 0.650. The molecule has 1 aromatic heterocycles. The Balaban J connectivity index is 1.85. The van der Waals surface area contributed by atoms with E-state index in [0.717, 1.165) is 13.0 Å². The highest BCUT2D eigenvalue weighted by Gasteiger charge is 2.04. The molecule has 0 bridgehead atoms. The minimum atomic E-state index is -0.458. The van der Waals surface area contributed by atoms with Gasteiger partial charge in [0, 0.05) is 12.6 Å². The highest BCUT2D eigenvalue weighted by atomic mass is 16.6. The van der Waals surface area contributed by atoms with Crippen molar-refractivity contribution in [3.63, 3.8) is 0 Å². The average molecular weight is 243 g/mol. The van der Waals surface area contributed by atoms with Crippen molar-refractivity contribution in [1.82, 2.24) is 4.98 Å². The van der Waals surface area contributed by atoms with Gasteiger partial charge in [0.2, 0.25) is 0 Å². The monoisotopic (exact) mass is 243 g/mol. The van der Waals surface area contributed by atoms with Gasteiger partial charge in [-0.3, -0.25) is 10.1 Å². The van der Waals surface area contributed by atoms with E-state index in [9.17, 15) is 10.1 Å². The fraction of sp³-hybridized carbons (Fsp3) is 0.154. The summed E-state index contributed by atoms with van der Waals surface area (Å²) in [5, 5.41) is 13.6. The van der Waals surface area contributed by atoms with Gasteiger partial charge in [-0.15, -0.1) is 0 Å². The van der Waals surface area contributed by atoms with E-state index >= 15 is 0 Å². The molecule has 0 radical (unpaired) electrons. The maximum atomic E-state index is 10.5. The van der Waals surface area contributed by atoms with Gasteiger partial charge in [0.25, 0.3) is 5.69 Å². The number of hydrogen-bond acceptors (Lipinski definition) is 4. The van der Waals surface area contributed by atoms with Crippen LogP contribution in [0.5, 0.6) is 0 Å². The molecule has 0 aliphatic heterocycles. The van der Waals surface area contributed by atoms with E-state index in [1.807, 2.05) is 18.2 Å². The zero-order valence-corrected chi connectivity index (χ0v) is 9.74. The van der Waals surface area contributed by atoms with Gasteiger partial charge in [0.1, 0.15) is 12.0 Å². The Morgan fingerprint density at radius 3 is 2.56 bits per heavy atom. The van der Waals surface area contributed by atoms with Crippen LogP contribution in [0.4, 0.5) is 11.5 Å². The van der Waals surface area contributed by atoms with Gasteiger partial charge in [-0.1, -0.05) is 30.3 Å². The second kappa shape index (κ2) is 5.77. The van der Waals surface area contributed by atoms with E-state index in [4.69, 9.17) is 0 Å². The van der Waals surface area contributed by atoms with Gasteiger partial charge < -0.3 is 5.32 Å². The number of rotatable bonds is 5. The van der Waals surface area contributed by atoms with Crippen LogP contribution in [-0.4, -0.2) is 16.5 Å². The molecule has 0 saturated carbocycles. The molecule has 0 spiro atoms. The summed E-state index contributed by atoms with van der Waals surface area (Å²) < 4.78 is 0. The molecule has 0 saturated heterocycles. The number of nitro groups is 1. The molecule has 5 nitrogen and oxygen atoms in total. The maximum absolute atomic E-state index is 10.5. The average Bonchev–Trinajstić information content (AvgIpc) is 2.40. The molecule has 1 heterocycles. The van der Waals surface area contributed by atoms with E-state index in [0.29, 0.717) is 5.82 Å². The molecule has 0 aliphatic rings. The number of benzene rings is 1. The van der Waals surface area contributed by atoms with Crippen molar-refractivity contribution in [2.24, 2.45) is 0 Å². The standard InChI is InChI=1S/C13H13N3O2/c17-16(18)12-6-7-13(15-10-12)14-9-8-11-4-2-1-3-5-11/h1-7,10H,8-9H2,(H,14,15).